The lowest BCUT2D eigenvalue weighted by molar-refractivity contribution is -0.370. The summed E-state index contributed by atoms with van der Waals surface area (Å²) in [5.41, 5.74) is 5.87. The van der Waals surface area contributed by atoms with Gasteiger partial charge in [-0.1, -0.05) is 182 Å². The van der Waals surface area contributed by atoms with E-state index in [1.54, 1.807) is 0 Å². The van der Waals surface area contributed by atoms with Gasteiger partial charge in [-0.3, -0.25) is 0 Å². The Morgan fingerprint density at radius 3 is 1.11 bits per heavy atom. The Hall–Kier alpha value is -5.08. The second kappa shape index (κ2) is 23.7. The van der Waals surface area contributed by atoms with Crippen LogP contribution in [0.5, 0.6) is 0 Å². The normalized spacial score (nSPS) is 25.8. The largest absolute Gasteiger partial charge is 0.374 e. The van der Waals surface area contributed by atoms with Crippen molar-refractivity contribution < 1.29 is 47.7 Å². The van der Waals surface area contributed by atoms with Gasteiger partial charge in [0.15, 0.2) is 12.6 Å². The van der Waals surface area contributed by atoms with E-state index < -0.39 is 61.4 Å². The van der Waals surface area contributed by atoms with E-state index in [2.05, 4.69) is 0 Å². The van der Waals surface area contributed by atoms with Crippen LogP contribution in [0.4, 0.5) is 0 Å². The Morgan fingerprint density at radius 2 is 0.703 bits per heavy atom. The molecular formula is C54H58O10. The zero-order valence-corrected chi connectivity index (χ0v) is 36.2. The molecule has 2 heterocycles. The summed E-state index contributed by atoms with van der Waals surface area (Å²) in [5, 5.41) is 11.8. The summed E-state index contributed by atoms with van der Waals surface area (Å²) >= 11 is 0. The highest BCUT2D eigenvalue weighted by Crippen LogP contribution is 2.36. The fraction of sp³-hybridized carbons (Fsp3) is 0.333. The minimum absolute atomic E-state index is 0.0712. The summed E-state index contributed by atoms with van der Waals surface area (Å²) < 4.78 is 60.8. The first kappa shape index (κ1) is 45.5. The third-order valence-corrected chi connectivity index (χ3v) is 11.4. The van der Waals surface area contributed by atoms with E-state index in [-0.39, 0.29) is 26.4 Å². The van der Waals surface area contributed by atoms with Gasteiger partial charge in [-0.25, -0.2) is 0 Å². The molecule has 2 saturated heterocycles. The van der Waals surface area contributed by atoms with Crippen LogP contribution in [-0.2, 0) is 82.3 Å². The molecule has 0 bridgehead atoms. The van der Waals surface area contributed by atoms with Crippen molar-refractivity contribution in [3.8, 4) is 0 Å². The summed E-state index contributed by atoms with van der Waals surface area (Å²) in [4.78, 5) is 0. The molecule has 0 spiro atoms. The molecular weight excluding hydrogens is 809 g/mol. The molecule has 0 unspecified atom stereocenters. The van der Waals surface area contributed by atoms with Gasteiger partial charge in [0.1, 0.15) is 42.7 Å². The van der Waals surface area contributed by atoms with E-state index >= 15 is 0 Å². The highest BCUT2D eigenvalue weighted by Gasteiger charge is 2.53. The average molecular weight is 867 g/mol. The van der Waals surface area contributed by atoms with Gasteiger partial charge in [0.2, 0.25) is 0 Å². The Labute approximate surface area is 376 Å². The van der Waals surface area contributed by atoms with Crippen molar-refractivity contribution in [1.82, 2.24) is 0 Å². The zero-order valence-electron chi connectivity index (χ0n) is 36.2. The fourth-order valence-electron chi connectivity index (χ4n) is 8.09. The SMILES string of the molecule is C[C@@H]1O[C@H](O[C@H]2[C@H](OCc3ccccc3)[C@@H](OCc3ccccc3)[C@@H](O)O[C@@H]2COCc2ccccc2)[C@@H](OCc2ccccc2)[C@H](OCc2ccccc2)[C@@H]1OCc1ccccc1. The number of aliphatic hydroxyl groups is 1. The van der Waals surface area contributed by atoms with Gasteiger partial charge in [0, 0.05) is 0 Å². The van der Waals surface area contributed by atoms with Crippen LogP contribution in [0.25, 0.3) is 0 Å². The quantitative estimate of drug-likeness (QED) is 0.0755. The van der Waals surface area contributed by atoms with Crippen LogP contribution in [0.15, 0.2) is 182 Å². The monoisotopic (exact) mass is 866 g/mol. The lowest BCUT2D eigenvalue weighted by Gasteiger charge is -2.49. The van der Waals surface area contributed by atoms with Crippen LogP contribution in [0.3, 0.4) is 0 Å². The summed E-state index contributed by atoms with van der Waals surface area (Å²) in [6.07, 6.45) is -8.44. The Morgan fingerprint density at radius 1 is 0.375 bits per heavy atom. The van der Waals surface area contributed by atoms with Gasteiger partial charge >= 0.3 is 0 Å². The van der Waals surface area contributed by atoms with Gasteiger partial charge in [-0.2, -0.15) is 0 Å². The van der Waals surface area contributed by atoms with Gasteiger partial charge in [0.05, 0.1) is 52.4 Å². The summed E-state index contributed by atoms with van der Waals surface area (Å²) in [5.74, 6) is 0. The molecule has 2 aliphatic rings. The van der Waals surface area contributed by atoms with Gasteiger partial charge in [-0.15, -0.1) is 0 Å². The molecule has 0 saturated carbocycles. The standard InChI is InChI=1S/C54H58O10/c1-39-47(57-33-41-22-10-3-11-23-41)49(58-34-42-24-12-4-13-25-42)52(61-37-45-30-18-7-19-31-45)54(62-39)64-48-46(38-56-32-40-20-8-2-9-21-40)63-53(55)51(60-36-44-28-16-6-17-29-44)50(48)59-35-43-26-14-5-15-27-43/h2-31,39,46-55H,32-38H2,1H3/t39-,46+,47+,48+,49+,50-,51+,52-,53-,54+/m0/s1. The van der Waals surface area contributed by atoms with Crippen LogP contribution < -0.4 is 0 Å². The number of aliphatic hydroxyl groups excluding tert-OH is 1. The smallest absolute Gasteiger partial charge is 0.187 e. The predicted molar refractivity (Wildman–Crippen MR) is 241 cm³/mol. The van der Waals surface area contributed by atoms with Crippen LogP contribution in [0, 0.1) is 0 Å². The molecule has 0 radical (unpaired) electrons. The van der Waals surface area contributed by atoms with Crippen LogP contribution >= 0.6 is 0 Å². The lowest BCUT2D eigenvalue weighted by atomic mass is 9.96. The molecule has 0 aromatic heterocycles. The molecule has 0 amide bonds. The maximum Gasteiger partial charge on any atom is 0.187 e. The van der Waals surface area contributed by atoms with Crippen molar-refractivity contribution >= 4 is 0 Å². The summed E-state index contributed by atoms with van der Waals surface area (Å²) in [6.45, 7) is 3.67. The number of benzene rings is 6. The molecule has 2 fully saturated rings. The average Bonchev–Trinajstić information content (AvgIpc) is 3.34. The van der Waals surface area contributed by atoms with E-state index in [9.17, 15) is 5.11 Å². The molecule has 6 aromatic rings. The number of hydrogen-bond acceptors (Lipinski definition) is 10. The summed E-state index contributed by atoms with van der Waals surface area (Å²) in [6, 6.07) is 59.7. The first-order valence-corrected chi connectivity index (χ1v) is 22.1. The minimum atomic E-state index is -1.37. The number of rotatable bonds is 21. The maximum absolute atomic E-state index is 11.8. The van der Waals surface area contributed by atoms with E-state index in [4.69, 9.17) is 42.6 Å². The molecule has 6 aromatic carbocycles. The molecule has 334 valence electrons. The molecule has 10 atom stereocenters. The zero-order chi connectivity index (χ0) is 43.8. The van der Waals surface area contributed by atoms with Crippen LogP contribution in [0.1, 0.15) is 40.3 Å². The molecule has 2 aliphatic heterocycles. The third-order valence-electron chi connectivity index (χ3n) is 11.4. The molecule has 1 N–H and O–H groups in total. The lowest BCUT2D eigenvalue weighted by Crippen LogP contribution is -2.65. The predicted octanol–water partition coefficient (Wildman–Crippen LogP) is 8.98. The molecule has 8 rings (SSSR count). The van der Waals surface area contributed by atoms with Crippen molar-refractivity contribution in [2.45, 2.75) is 108 Å². The van der Waals surface area contributed by atoms with Gasteiger partial charge < -0.3 is 47.7 Å². The topological polar surface area (TPSA) is 103 Å². The highest BCUT2D eigenvalue weighted by atomic mass is 16.7. The van der Waals surface area contributed by atoms with Crippen LogP contribution in [-0.4, -0.2) is 73.1 Å². The van der Waals surface area contributed by atoms with E-state index in [0.29, 0.717) is 19.8 Å². The molecule has 10 nitrogen and oxygen atoms in total. The fourth-order valence-corrected chi connectivity index (χ4v) is 8.09. The second-order valence-corrected chi connectivity index (χ2v) is 16.2. The first-order valence-electron chi connectivity index (χ1n) is 22.1. The number of ether oxygens (including phenoxy) is 9. The first-order chi connectivity index (χ1) is 31.6. The highest BCUT2D eigenvalue weighted by molar-refractivity contribution is 5.18. The van der Waals surface area contributed by atoms with Gasteiger partial charge in [0.25, 0.3) is 0 Å². The van der Waals surface area contributed by atoms with E-state index in [0.717, 1.165) is 33.4 Å². The van der Waals surface area contributed by atoms with E-state index in [1.807, 2.05) is 189 Å². The number of hydrogen-bond donors (Lipinski definition) is 1. The van der Waals surface area contributed by atoms with Crippen molar-refractivity contribution in [3.05, 3.63) is 215 Å². The van der Waals surface area contributed by atoms with Crippen LogP contribution in [0.2, 0.25) is 0 Å². The van der Waals surface area contributed by atoms with E-state index in [1.165, 1.54) is 0 Å². The van der Waals surface area contributed by atoms with Crippen molar-refractivity contribution in [2.75, 3.05) is 6.61 Å². The van der Waals surface area contributed by atoms with Crippen molar-refractivity contribution in [1.29, 1.82) is 0 Å². The van der Waals surface area contributed by atoms with Gasteiger partial charge in [-0.05, 0) is 40.3 Å². The molecule has 10 heteroatoms. The third kappa shape index (κ3) is 12.8. The molecule has 64 heavy (non-hydrogen) atoms. The maximum atomic E-state index is 11.8. The Balaban J connectivity index is 1.14. The summed E-state index contributed by atoms with van der Waals surface area (Å²) in [7, 11) is 0. The van der Waals surface area contributed by atoms with Crippen molar-refractivity contribution in [2.24, 2.45) is 0 Å². The minimum Gasteiger partial charge on any atom is -0.374 e. The Kier molecular flexibility index (Phi) is 16.9. The van der Waals surface area contributed by atoms with Crippen molar-refractivity contribution in [3.63, 3.8) is 0 Å². The second-order valence-electron chi connectivity index (χ2n) is 16.2. The molecule has 0 aliphatic carbocycles. The Bertz CT molecular complexity index is 2190.